The zero-order valence-corrected chi connectivity index (χ0v) is 14.4. The lowest BCUT2D eigenvalue weighted by molar-refractivity contribution is 1.07. The van der Waals surface area contributed by atoms with Crippen molar-refractivity contribution < 1.29 is 0 Å². The summed E-state index contributed by atoms with van der Waals surface area (Å²) in [5.41, 5.74) is 1.68. The number of halogens is 4. The molecule has 0 saturated heterocycles. The average Bonchev–Trinajstić information content (AvgIpc) is 2.82. The molecule has 0 bridgehead atoms. The Hall–Kier alpha value is -1.00. The topological polar surface area (TPSA) is 17.8 Å². The van der Waals surface area contributed by atoms with Gasteiger partial charge in [-0.05, 0) is 42.5 Å². The molecular weight excluding hydrogens is 394 g/mol. The van der Waals surface area contributed by atoms with E-state index in [0.29, 0.717) is 21.0 Å². The van der Waals surface area contributed by atoms with E-state index in [-0.39, 0.29) is 0 Å². The molecule has 3 aromatic rings. The molecule has 0 aliphatic heterocycles. The van der Waals surface area contributed by atoms with Crippen LogP contribution >= 0.6 is 50.7 Å². The first-order valence-corrected chi connectivity index (χ1v) is 7.93. The molecule has 0 saturated carbocycles. The Morgan fingerprint density at radius 3 is 2.33 bits per heavy atom. The molecular formula is C15H8BrCl3N2. The second-order valence-corrected chi connectivity index (χ2v) is 6.49. The molecule has 6 heteroatoms. The summed E-state index contributed by atoms with van der Waals surface area (Å²) in [4.78, 5) is 4.37. The van der Waals surface area contributed by atoms with E-state index in [1.807, 2.05) is 34.9 Å². The van der Waals surface area contributed by atoms with Crippen LogP contribution < -0.4 is 0 Å². The highest BCUT2D eigenvalue weighted by molar-refractivity contribution is 9.10. The second kappa shape index (κ2) is 6.01. The molecule has 2 nitrogen and oxygen atoms in total. The lowest BCUT2D eigenvalue weighted by Crippen LogP contribution is -1.98. The van der Waals surface area contributed by atoms with Gasteiger partial charge in [0.2, 0.25) is 0 Å². The Balaban J connectivity index is 2.19. The van der Waals surface area contributed by atoms with Gasteiger partial charge in [0, 0.05) is 20.7 Å². The first-order valence-electron chi connectivity index (χ1n) is 6.01. The molecule has 3 rings (SSSR count). The minimum Gasteiger partial charge on any atom is -0.283 e. The first-order chi connectivity index (χ1) is 10.1. The van der Waals surface area contributed by atoms with Gasteiger partial charge in [-0.2, -0.15) is 0 Å². The molecule has 106 valence electrons. The van der Waals surface area contributed by atoms with Crippen molar-refractivity contribution in [2.24, 2.45) is 0 Å². The van der Waals surface area contributed by atoms with Gasteiger partial charge >= 0.3 is 0 Å². The Bertz CT molecular complexity index is 797. The summed E-state index contributed by atoms with van der Waals surface area (Å²) >= 11 is 21.9. The maximum Gasteiger partial charge on any atom is 0.147 e. The van der Waals surface area contributed by atoms with Crippen LogP contribution in [0.1, 0.15) is 0 Å². The van der Waals surface area contributed by atoms with Crippen LogP contribution in [0.2, 0.25) is 15.2 Å². The van der Waals surface area contributed by atoms with E-state index < -0.39 is 0 Å². The molecule has 0 fully saturated rings. The molecule has 0 aliphatic carbocycles. The number of imidazole rings is 1. The van der Waals surface area contributed by atoms with Crippen molar-refractivity contribution in [3.05, 3.63) is 68.3 Å². The van der Waals surface area contributed by atoms with Crippen LogP contribution in [0.5, 0.6) is 0 Å². The molecule has 21 heavy (non-hydrogen) atoms. The fourth-order valence-corrected chi connectivity index (χ4v) is 3.01. The monoisotopic (exact) mass is 400 g/mol. The van der Waals surface area contributed by atoms with E-state index in [1.54, 1.807) is 18.3 Å². The van der Waals surface area contributed by atoms with Gasteiger partial charge in [0.05, 0.1) is 11.2 Å². The van der Waals surface area contributed by atoms with Crippen molar-refractivity contribution >= 4 is 50.7 Å². The Morgan fingerprint density at radius 1 is 0.952 bits per heavy atom. The summed E-state index contributed by atoms with van der Waals surface area (Å²) in [6.07, 6.45) is 1.60. The van der Waals surface area contributed by atoms with Gasteiger partial charge in [-0.3, -0.25) is 4.57 Å². The Morgan fingerprint density at radius 2 is 1.67 bits per heavy atom. The molecule has 1 heterocycles. The van der Waals surface area contributed by atoms with Gasteiger partial charge < -0.3 is 0 Å². The SMILES string of the molecule is Clc1ccc(-c2ncc(Cl)n2-c2ccc(Br)cc2)c(Cl)c1. The quantitative estimate of drug-likeness (QED) is 0.494. The minimum atomic E-state index is 0.512. The van der Waals surface area contributed by atoms with Crippen LogP contribution in [0.4, 0.5) is 0 Å². The van der Waals surface area contributed by atoms with E-state index in [0.717, 1.165) is 15.7 Å². The number of hydrogen-bond donors (Lipinski definition) is 0. The molecule has 0 unspecified atom stereocenters. The van der Waals surface area contributed by atoms with Crippen molar-refractivity contribution in [3.63, 3.8) is 0 Å². The molecule has 2 aromatic carbocycles. The van der Waals surface area contributed by atoms with Gasteiger partial charge in [-0.15, -0.1) is 0 Å². The minimum absolute atomic E-state index is 0.512. The maximum absolute atomic E-state index is 6.27. The fourth-order valence-electron chi connectivity index (χ4n) is 2.03. The van der Waals surface area contributed by atoms with Crippen molar-refractivity contribution in [3.8, 4) is 17.1 Å². The zero-order valence-electron chi connectivity index (χ0n) is 10.5. The fraction of sp³-hybridized carbons (Fsp3) is 0. The number of hydrogen-bond acceptors (Lipinski definition) is 1. The van der Waals surface area contributed by atoms with Crippen molar-refractivity contribution in [1.82, 2.24) is 9.55 Å². The Labute approximate surface area is 145 Å². The van der Waals surface area contributed by atoms with Gasteiger partial charge in [0.25, 0.3) is 0 Å². The molecule has 0 N–H and O–H groups in total. The summed E-state index contributed by atoms with van der Waals surface area (Å²) in [7, 11) is 0. The van der Waals surface area contributed by atoms with Gasteiger partial charge in [0.15, 0.2) is 0 Å². The standard InChI is InChI=1S/C15H8BrCl3N2/c16-9-1-4-11(5-2-9)21-14(19)8-20-15(21)12-6-3-10(17)7-13(12)18/h1-8H. The normalized spacial score (nSPS) is 10.9. The van der Waals surface area contributed by atoms with Crippen LogP contribution in [0, 0.1) is 0 Å². The molecule has 0 amide bonds. The van der Waals surface area contributed by atoms with Crippen LogP contribution in [0.25, 0.3) is 17.1 Å². The predicted octanol–water partition coefficient (Wildman–Crippen LogP) is 6.26. The van der Waals surface area contributed by atoms with E-state index in [1.165, 1.54) is 0 Å². The lowest BCUT2D eigenvalue weighted by atomic mass is 10.2. The largest absolute Gasteiger partial charge is 0.283 e. The van der Waals surface area contributed by atoms with Gasteiger partial charge in [-0.25, -0.2) is 4.98 Å². The van der Waals surface area contributed by atoms with Crippen molar-refractivity contribution in [1.29, 1.82) is 0 Å². The molecule has 0 radical (unpaired) electrons. The van der Waals surface area contributed by atoms with E-state index in [4.69, 9.17) is 34.8 Å². The van der Waals surface area contributed by atoms with E-state index >= 15 is 0 Å². The van der Waals surface area contributed by atoms with Gasteiger partial charge in [0.1, 0.15) is 11.0 Å². The highest BCUT2D eigenvalue weighted by Crippen LogP contribution is 2.33. The predicted molar refractivity (Wildman–Crippen MR) is 91.7 cm³/mol. The maximum atomic E-state index is 6.27. The third kappa shape index (κ3) is 2.97. The zero-order chi connectivity index (χ0) is 15.0. The van der Waals surface area contributed by atoms with Crippen LogP contribution in [0.15, 0.2) is 53.1 Å². The molecule has 0 atom stereocenters. The first kappa shape index (κ1) is 14.9. The van der Waals surface area contributed by atoms with E-state index in [9.17, 15) is 0 Å². The number of benzene rings is 2. The summed E-state index contributed by atoms with van der Waals surface area (Å²) in [5, 5.41) is 1.62. The van der Waals surface area contributed by atoms with Crippen molar-refractivity contribution in [2.75, 3.05) is 0 Å². The van der Waals surface area contributed by atoms with Crippen molar-refractivity contribution in [2.45, 2.75) is 0 Å². The average molecular weight is 403 g/mol. The summed E-state index contributed by atoms with van der Waals surface area (Å²) in [5.74, 6) is 0.670. The van der Waals surface area contributed by atoms with Crippen LogP contribution in [0.3, 0.4) is 0 Å². The highest BCUT2D eigenvalue weighted by Gasteiger charge is 2.15. The Kier molecular flexibility index (Phi) is 4.27. The van der Waals surface area contributed by atoms with Crippen LogP contribution in [-0.2, 0) is 0 Å². The number of nitrogens with zero attached hydrogens (tertiary/aromatic N) is 2. The van der Waals surface area contributed by atoms with E-state index in [2.05, 4.69) is 20.9 Å². The second-order valence-electron chi connectivity index (χ2n) is 4.34. The summed E-state index contributed by atoms with van der Waals surface area (Å²) in [6.45, 7) is 0. The summed E-state index contributed by atoms with van der Waals surface area (Å²) < 4.78 is 2.83. The summed E-state index contributed by atoms with van der Waals surface area (Å²) in [6, 6.07) is 13.1. The molecule has 1 aromatic heterocycles. The lowest BCUT2D eigenvalue weighted by Gasteiger charge is -2.11. The molecule has 0 spiro atoms. The number of rotatable bonds is 2. The van der Waals surface area contributed by atoms with Crippen LogP contribution in [-0.4, -0.2) is 9.55 Å². The van der Waals surface area contributed by atoms with Gasteiger partial charge in [-0.1, -0.05) is 50.7 Å². The smallest absolute Gasteiger partial charge is 0.147 e. The third-order valence-electron chi connectivity index (χ3n) is 2.98. The molecule has 0 aliphatic rings. The number of aromatic nitrogens is 2. The third-order valence-corrected chi connectivity index (χ3v) is 4.32. The highest BCUT2D eigenvalue weighted by atomic mass is 79.9.